The normalized spacial score (nSPS) is 21.6. The van der Waals surface area contributed by atoms with Gasteiger partial charge < -0.3 is 25.0 Å². The van der Waals surface area contributed by atoms with E-state index in [1.807, 2.05) is 20.8 Å². The van der Waals surface area contributed by atoms with Gasteiger partial charge in [-0.2, -0.15) is 0 Å². The molecule has 0 radical (unpaired) electrons. The van der Waals surface area contributed by atoms with Crippen molar-refractivity contribution in [3.05, 3.63) is 24.5 Å². The lowest BCUT2D eigenvalue weighted by Crippen LogP contribution is -2.64. The summed E-state index contributed by atoms with van der Waals surface area (Å²) in [7, 11) is 0. The van der Waals surface area contributed by atoms with Gasteiger partial charge in [0.2, 0.25) is 0 Å². The van der Waals surface area contributed by atoms with Crippen LogP contribution in [0.4, 0.5) is 15.3 Å². The Morgan fingerprint density at radius 1 is 1.32 bits per heavy atom. The standard InChI is InChI=1S/C17H24N4O4/c1-16(2,3)25-15(23)21-10-17(11-21)8-13(9-24-17)20-14(22)19-12-4-6-18-7-5-12/h4-7,13H,8-11H2,1-3H3,(H2,18,19,20,22). The van der Waals surface area contributed by atoms with Crippen molar-refractivity contribution in [2.75, 3.05) is 25.0 Å². The van der Waals surface area contributed by atoms with Crippen molar-refractivity contribution in [1.82, 2.24) is 15.2 Å². The highest BCUT2D eigenvalue weighted by atomic mass is 16.6. The van der Waals surface area contributed by atoms with E-state index >= 15 is 0 Å². The summed E-state index contributed by atoms with van der Waals surface area (Å²) in [6.45, 7) is 6.94. The number of rotatable bonds is 2. The molecule has 0 bridgehead atoms. The molecule has 3 rings (SSSR count). The molecule has 136 valence electrons. The van der Waals surface area contributed by atoms with Gasteiger partial charge >= 0.3 is 12.1 Å². The largest absolute Gasteiger partial charge is 0.444 e. The van der Waals surface area contributed by atoms with E-state index in [4.69, 9.17) is 9.47 Å². The molecule has 0 aromatic carbocycles. The number of anilines is 1. The zero-order valence-corrected chi connectivity index (χ0v) is 14.7. The van der Waals surface area contributed by atoms with Crippen molar-refractivity contribution >= 4 is 17.8 Å². The second-order valence-electron chi connectivity index (χ2n) is 7.57. The quantitative estimate of drug-likeness (QED) is 0.852. The monoisotopic (exact) mass is 348 g/mol. The van der Waals surface area contributed by atoms with Crippen LogP contribution in [-0.2, 0) is 9.47 Å². The molecule has 2 aliphatic rings. The first kappa shape index (κ1) is 17.5. The molecule has 3 amide bonds. The Morgan fingerprint density at radius 2 is 2.00 bits per heavy atom. The summed E-state index contributed by atoms with van der Waals surface area (Å²) >= 11 is 0. The lowest BCUT2D eigenvalue weighted by molar-refractivity contribution is -0.109. The molecule has 1 atom stereocenters. The molecule has 2 N–H and O–H groups in total. The number of nitrogens with one attached hydrogen (secondary N) is 2. The fourth-order valence-corrected chi connectivity index (χ4v) is 3.05. The fraction of sp³-hybridized carbons (Fsp3) is 0.588. The average molecular weight is 348 g/mol. The molecule has 8 heteroatoms. The predicted molar refractivity (Wildman–Crippen MR) is 91.3 cm³/mol. The number of pyridine rings is 1. The summed E-state index contributed by atoms with van der Waals surface area (Å²) in [5, 5.41) is 5.66. The topological polar surface area (TPSA) is 92.8 Å². The third kappa shape index (κ3) is 4.39. The van der Waals surface area contributed by atoms with Crippen LogP contribution in [0.5, 0.6) is 0 Å². The van der Waals surface area contributed by atoms with Crippen molar-refractivity contribution in [1.29, 1.82) is 0 Å². The first-order chi connectivity index (χ1) is 11.7. The van der Waals surface area contributed by atoms with E-state index in [9.17, 15) is 9.59 Å². The minimum atomic E-state index is -0.508. The number of hydrogen-bond acceptors (Lipinski definition) is 5. The molecule has 25 heavy (non-hydrogen) atoms. The fourth-order valence-electron chi connectivity index (χ4n) is 3.05. The van der Waals surface area contributed by atoms with E-state index in [1.54, 1.807) is 29.4 Å². The van der Waals surface area contributed by atoms with Gasteiger partial charge in [0.1, 0.15) is 11.2 Å². The van der Waals surface area contributed by atoms with E-state index < -0.39 is 5.60 Å². The summed E-state index contributed by atoms with van der Waals surface area (Å²) in [4.78, 5) is 29.6. The van der Waals surface area contributed by atoms with E-state index in [2.05, 4.69) is 15.6 Å². The van der Waals surface area contributed by atoms with Gasteiger partial charge in [-0.1, -0.05) is 0 Å². The Bertz CT molecular complexity index is 638. The molecule has 8 nitrogen and oxygen atoms in total. The second kappa shape index (κ2) is 6.51. The molecule has 2 saturated heterocycles. The van der Waals surface area contributed by atoms with Crippen molar-refractivity contribution in [2.45, 2.75) is 44.4 Å². The van der Waals surface area contributed by atoms with Crippen LogP contribution in [0.3, 0.4) is 0 Å². The maximum absolute atomic E-state index is 12.0. The molecule has 3 heterocycles. The van der Waals surface area contributed by atoms with Gasteiger partial charge in [0.25, 0.3) is 0 Å². The molecular formula is C17H24N4O4. The molecule has 1 aromatic rings. The summed E-state index contributed by atoms with van der Waals surface area (Å²) in [6.07, 6.45) is 3.58. The summed E-state index contributed by atoms with van der Waals surface area (Å²) < 4.78 is 11.2. The lowest BCUT2D eigenvalue weighted by atomic mass is 9.90. The molecular weight excluding hydrogens is 324 g/mol. The van der Waals surface area contributed by atoms with E-state index in [-0.39, 0.29) is 23.8 Å². The van der Waals surface area contributed by atoms with Crippen molar-refractivity contribution in [3.8, 4) is 0 Å². The van der Waals surface area contributed by atoms with E-state index in [0.29, 0.717) is 31.8 Å². The number of urea groups is 1. The average Bonchev–Trinajstić information content (AvgIpc) is 2.89. The Balaban J connectivity index is 1.44. The molecule has 0 aliphatic carbocycles. The minimum absolute atomic E-state index is 0.0809. The SMILES string of the molecule is CC(C)(C)OC(=O)N1CC2(CC(NC(=O)Nc3ccncc3)CO2)C1. The molecule has 1 spiro atoms. The van der Waals surface area contributed by atoms with Crippen LogP contribution >= 0.6 is 0 Å². The van der Waals surface area contributed by atoms with Crippen LogP contribution in [0.1, 0.15) is 27.2 Å². The Labute approximate surface area is 146 Å². The van der Waals surface area contributed by atoms with Gasteiger partial charge in [0.05, 0.1) is 25.7 Å². The molecule has 1 unspecified atom stereocenters. The van der Waals surface area contributed by atoms with E-state index in [0.717, 1.165) is 0 Å². The van der Waals surface area contributed by atoms with Gasteiger partial charge in [0, 0.05) is 24.5 Å². The Kier molecular flexibility index (Phi) is 4.55. The number of carbonyl (C=O) groups is 2. The number of hydrogen-bond donors (Lipinski definition) is 2. The number of nitrogens with zero attached hydrogens (tertiary/aromatic N) is 2. The maximum Gasteiger partial charge on any atom is 0.410 e. The minimum Gasteiger partial charge on any atom is -0.444 e. The van der Waals surface area contributed by atoms with Crippen LogP contribution in [0.25, 0.3) is 0 Å². The smallest absolute Gasteiger partial charge is 0.410 e. The first-order valence-corrected chi connectivity index (χ1v) is 8.34. The molecule has 2 fully saturated rings. The zero-order valence-electron chi connectivity index (χ0n) is 14.7. The zero-order chi connectivity index (χ0) is 18.1. The number of amides is 3. The van der Waals surface area contributed by atoms with Gasteiger partial charge in [0.15, 0.2) is 0 Å². The van der Waals surface area contributed by atoms with Gasteiger partial charge in [-0.25, -0.2) is 9.59 Å². The highest BCUT2D eigenvalue weighted by Crippen LogP contribution is 2.35. The summed E-state index contributed by atoms with van der Waals surface area (Å²) in [6, 6.07) is 3.08. The van der Waals surface area contributed by atoms with Crippen molar-refractivity contribution in [3.63, 3.8) is 0 Å². The number of likely N-dealkylation sites (tertiary alicyclic amines) is 1. The van der Waals surface area contributed by atoms with Crippen LogP contribution in [0.15, 0.2) is 24.5 Å². The first-order valence-electron chi connectivity index (χ1n) is 8.34. The van der Waals surface area contributed by atoms with E-state index in [1.165, 1.54) is 0 Å². The van der Waals surface area contributed by atoms with Crippen LogP contribution in [0.2, 0.25) is 0 Å². The molecule has 1 aromatic heterocycles. The molecule has 0 saturated carbocycles. The number of aromatic nitrogens is 1. The van der Waals surface area contributed by atoms with Gasteiger partial charge in [-0.3, -0.25) is 4.98 Å². The van der Waals surface area contributed by atoms with Crippen molar-refractivity contribution < 1.29 is 19.1 Å². The summed E-state index contributed by atoms with van der Waals surface area (Å²) in [5.41, 5.74) is -0.197. The number of carbonyl (C=O) groups excluding carboxylic acids is 2. The van der Waals surface area contributed by atoms with Crippen LogP contribution in [0, 0.1) is 0 Å². The predicted octanol–water partition coefficient (Wildman–Crippen LogP) is 1.98. The highest BCUT2D eigenvalue weighted by molar-refractivity contribution is 5.89. The van der Waals surface area contributed by atoms with Crippen LogP contribution < -0.4 is 10.6 Å². The third-order valence-corrected chi connectivity index (χ3v) is 4.09. The van der Waals surface area contributed by atoms with Gasteiger partial charge in [-0.15, -0.1) is 0 Å². The molecule has 2 aliphatic heterocycles. The van der Waals surface area contributed by atoms with Crippen LogP contribution in [-0.4, -0.2) is 58.9 Å². The van der Waals surface area contributed by atoms with Gasteiger partial charge in [-0.05, 0) is 32.9 Å². The number of ether oxygens (including phenoxy) is 2. The Morgan fingerprint density at radius 3 is 2.64 bits per heavy atom. The third-order valence-electron chi connectivity index (χ3n) is 4.09. The lowest BCUT2D eigenvalue weighted by Gasteiger charge is -2.46. The maximum atomic E-state index is 12.0. The summed E-state index contributed by atoms with van der Waals surface area (Å²) in [5.74, 6) is 0. The highest BCUT2D eigenvalue weighted by Gasteiger charge is 2.52. The van der Waals surface area contributed by atoms with Crippen molar-refractivity contribution in [2.24, 2.45) is 0 Å². The Hall–Kier alpha value is -2.35. The second-order valence-corrected chi connectivity index (χ2v) is 7.57.